The molecule has 0 aromatic heterocycles. The second-order valence-corrected chi connectivity index (χ2v) is 5.84. The van der Waals surface area contributed by atoms with E-state index in [1.165, 1.54) is 12.0 Å². The van der Waals surface area contributed by atoms with E-state index in [0.717, 1.165) is 12.8 Å². The minimum atomic E-state index is -0.236. The van der Waals surface area contributed by atoms with Crippen molar-refractivity contribution in [2.75, 3.05) is 0 Å². The number of rotatable bonds is 2. The second-order valence-electron chi connectivity index (χ2n) is 5.84. The molecule has 0 radical (unpaired) electrons. The van der Waals surface area contributed by atoms with E-state index in [0.29, 0.717) is 5.92 Å². The van der Waals surface area contributed by atoms with Crippen LogP contribution in [-0.2, 0) is 0 Å². The van der Waals surface area contributed by atoms with Gasteiger partial charge < -0.3 is 5.11 Å². The smallest absolute Gasteiger partial charge is 0.0636 e. The van der Waals surface area contributed by atoms with E-state index < -0.39 is 0 Å². The minimum Gasteiger partial charge on any atom is -0.392 e. The van der Waals surface area contributed by atoms with Crippen molar-refractivity contribution in [2.45, 2.75) is 53.1 Å². The molecule has 4 atom stereocenters. The zero-order valence-corrected chi connectivity index (χ0v) is 11.2. The molecule has 1 fully saturated rings. The predicted molar refractivity (Wildman–Crippen MR) is 70.2 cm³/mol. The Kier molecular flexibility index (Phi) is 4.37. The highest BCUT2D eigenvalue weighted by Crippen LogP contribution is 2.43. The Morgan fingerprint density at radius 2 is 2.06 bits per heavy atom. The number of allylic oxidation sites excluding steroid dienone is 2. The molecule has 1 heteroatoms. The molecule has 0 aromatic rings. The molecule has 0 heterocycles. The number of hydrogen-bond acceptors (Lipinski definition) is 1. The van der Waals surface area contributed by atoms with E-state index in [1.54, 1.807) is 0 Å². The highest BCUT2D eigenvalue weighted by Gasteiger charge is 2.39. The van der Waals surface area contributed by atoms with E-state index in [1.807, 2.05) is 6.08 Å². The molecule has 0 bridgehead atoms. The van der Waals surface area contributed by atoms with Crippen LogP contribution in [0.2, 0.25) is 0 Å². The summed E-state index contributed by atoms with van der Waals surface area (Å²) >= 11 is 0. The summed E-state index contributed by atoms with van der Waals surface area (Å²) in [5.41, 5.74) is 1.33. The van der Waals surface area contributed by atoms with Crippen molar-refractivity contribution in [2.24, 2.45) is 17.3 Å². The first-order valence-corrected chi connectivity index (χ1v) is 6.37. The van der Waals surface area contributed by atoms with Crippen LogP contribution in [0, 0.1) is 17.3 Å². The van der Waals surface area contributed by atoms with Gasteiger partial charge in [0.25, 0.3) is 0 Å². The number of aliphatic hydroxyl groups is 1. The topological polar surface area (TPSA) is 20.2 Å². The van der Waals surface area contributed by atoms with Crippen LogP contribution >= 0.6 is 0 Å². The molecular formula is C15H26O. The summed E-state index contributed by atoms with van der Waals surface area (Å²) in [6, 6.07) is 0. The monoisotopic (exact) mass is 222 g/mol. The van der Waals surface area contributed by atoms with Crippen molar-refractivity contribution >= 4 is 0 Å². The third-order valence-corrected chi connectivity index (χ3v) is 4.07. The highest BCUT2D eigenvalue weighted by molar-refractivity contribution is 5.11. The lowest BCUT2D eigenvalue weighted by Crippen LogP contribution is -2.35. The summed E-state index contributed by atoms with van der Waals surface area (Å²) < 4.78 is 0. The van der Waals surface area contributed by atoms with Crippen molar-refractivity contribution in [1.29, 1.82) is 0 Å². The summed E-state index contributed by atoms with van der Waals surface area (Å²) in [7, 11) is 0. The first-order chi connectivity index (χ1) is 7.40. The van der Waals surface area contributed by atoms with Crippen molar-refractivity contribution in [3.05, 3.63) is 24.3 Å². The van der Waals surface area contributed by atoms with E-state index in [4.69, 9.17) is 0 Å². The Hall–Kier alpha value is -0.560. The Labute approximate surface area is 100 Å². The zero-order valence-electron chi connectivity index (χ0n) is 11.2. The molecule has 0 aliphatic heterocycles. The minimum absolute atomic E-state index is 0.0431. The van der Waals surface area contributed by atoms with Gasteiger partial charge in [-0.05, 0) is 38.0 Å². The van der Waals surface area contributed by atoms with E-state index in [9.17, 15) is 5.11 Å². The van der Waals surface area contributed by atoms with Gasteiger partial charge in [0.15, 0.2) is 0 Å². The van der Waals surface area contributed by atoms with Gasteiger partial charge in [-0.1, -0.05) is 38.0 Å². The molecule has 92 valence electrons. The van der Waals surface area contributed by atoms with Gasteiger partial charge in [-0.3, -0.25) is 0 Å². The first kappa shape index (κ1) is 13.5. The van der Waals surface area contributed by atoms with Gasteiger partial charge in [-0.15, -0.1) is 6.58 Å². The molecule has 4 unspecified atom stereocenters. The van der Waals surface area contributed by atoms with Gasteiger partial charge in [0.2, 0.25) is 0 Å². The number of hydrogen-bond donors (Lipinski definition) is 1. The van der Waals surface area contributed by atoms with E-state index >= 15 is 0 Å². The lowest BCUT2D eigenvalue weighted by Gasteiger charge is -2.36. The van der Waals surface area contributed by atoms with Gasteiger partial charge in [0.05, 0.1) is 6.10 Å². The molecule has 0 amide bonds. The fourth-order valence-electron chi connectivity index (χ4n) is 2.77. The highest BCUT2D eigenvalue weighted by atomic mass is 16.3. The third kappa shape index (κ3) is 2.76. The van der Waals surface area contributed by atoms with Gasteiger partial charge in [0.1, 0.15) is 0 Å². The summed E-state index contributed by atoms with van der Waals surface area (Å²) in [5, 5.41) is 10.4. The average molecular weight is 222 g/mol. The molecule has 16 heavy (non-hydrogen) atoms. The molecule has 1 saturated carbocycles. The molecule has 1 aliphatic rings. The third-order valence-electron chi connectivity index (χ3n) is 4.07. The standard InChI is InChI=1S/C15H26O/c1-6-15(5)9-7-8-12(4)14(16)13(15)10-11(2)3/h6,10,12-14,16H,1,7-9H2,2-5H3. The van der Waals surface area contributed by atoms with Crippen LogP contribution < -0.4 is 0 Å². The summed E-state index contributed by atoms with van der Waals surface area (Å²) in [6.45, 7) is 12.6. The Morgan fingerprint density at radius 3 is 2.56 bits per heavy atom. The summed E-state index contributed by atoms with van der Waals surface area (Å²) in [5.74, 6) is 0.606. The van der Waals surface area contributed by atoms with Gasteiger partial charge >= 0.3 is 0 Å². The zero-order chi connectivity index (χ0) is 12.3. The van der Waals surface area contributed by atoms with Gasteiger partial charge in [0, 0.05) is 5.92 Å². The Morgan fingerprint density at radius 1 is 1.44 bits per heavy atom. The molecule has 0 spiro atoms. The van der Waals surface area contributed by atoms with Gasteiger partial charge in [-0.25, -0.2) is 0 Å². The van der Waals surface area contributed by atoms with Crippen LogP contribution in [0.25, 0.3) is 0 Å². The maximum atomic E-state index is 10.4. The number of aliphatic hydroxyl groups excluding tert-OH is 1. The Balaban J connectivity index is 3.07. The first-order valence-electron chi connectivity index (χ1n) is 6.37. The molecular weight excluding hydrogens is 196 g/mol. The average Bonchev–Trinajstić information content (AvgIpc) is 2.32. The van der Waals surface area contributed by atoms with Crippen LogP contribution in [-0.4, -0.2) is 11.2 Å². The quantitative estimate of drug-likeness (QED) is 0.554. The maximum Gasteiger partial charge on any atom is 0.0636 e. The van der Waals surface area contributed by atoms with Crippen molar-refractivity contribution < 1.29 is 5.11 Å². The Bertz CT molecular complexity index is 275. The van der Waals surface area contributed by atoms with Crippen molar-refractivity contribution in [3.63, 3.8) is 0 Å². The largest absolute Gasteiger partial charge is 0.392 e. The van der Waals surface area contributed by atoms with Crippen LogP contribution in [0.15, 0.2) is 24.3 Å². The molecule has 1 nitrogen and oxygen atoms in total. The molecule has 1 rings (SSSR count). The van der Waals surface area contributed by atoms with E-state index in [-0.39, 0.29) is 17.4 Å². The summed E-state index contributed by atoms with van der Waals surface area (Å²) in [6.07, 6.45) is 7.48. The van der Waals surface area contributed by atoms with Crippen LogP contribution in [0.3, 0.4) is 0 Å². The van der Waals surface area contributed by atoms with Crippen LogP contribution in [0.4, 0.5) is 0 Å². The van der Waals surface area contributed by atoms with Crippen LogP contribution in [0.5, 0.6) is 0 Å². The summed E-state index contributed by atoms with van der Waals surface area (Å²) in [4.78, 5) is 0. The van der Waals surface area contributed by atoms with Crippen molar-refractivity contribution in [3.8, 4) is 0 Å². The lowest BCUT2D eigenvalue weighted by atomic mass is 9.71. The fraction of sp³-hybridized carbons (Fsp3) is 0.733. The SMILES string of the molecule is C=CC1(C)CCCC(C)C(O)C1C=C(C)C. The fourth-order valence-corrected chi connectivity index (χ4v) is 2.77. The lowest BCUT2D eigenvalue weighted by molar-refractivity contribution is 0.0452. The molecule has 1 N–H and O–H groups in total. The molecule has 1 aliphatic carbocycles. The second kappa shape index (κ2) is 5.18. The predicted octanol–water partition coefficient (Wildman–Crippen LogP) is 3.94. The van der Waals surface area contributed by atoms with Crippen LogP contribution in [0.1, 0.15) is 47.0 Å². The van der Waals surface area contributed by atoms with Crippen molar-refractivity contribution in [1.82, 2.24) is 0 Å². The van der Waals surface area contributed by atoms with E-state index in [2.05, 4.69) is 40.3 Å². The normalized spacial score (nSPS) is 39.9. The maximum absolute atomic E-state index is 10.4. The van der Waals surface area contributed by atoms with Gasteiger partial charge in [-0.2, -0.15) is 0 Å². The molecule has 0 saturated heterocycles. The molecule has 0 aromatic carbocycles.